The maximum atomic E-state index is 6.13. The van der Waals surface area contributed by atoms with Crippen LogP contribution in [-0.4, -0.2) is 9.97 Å². The molecule has 0 aliphatic heterocycles. The van der Waals surface area contributed by atoms with E-state index in [9.17, 15) is 0 Å². The van der Waals surface area contributed by atoms with Crippen LogP contribution in [0.15, 0.2) is 66.2 Å². The zero-order valence-corrected chi connectivity index (χ0v) is 14.0. The van der Waals surface area contributed by atoms with Gasteiger partial charge in [-0.1, -0.05) is 6.07 Å². The Kier molecular flexibility index (Phi) is 3.08. The molecule has 0 atom stereocenters. The largest absolute Gasteiger partial charge is 0.438 e. The van der Waals surface area contributed by atoms with Gasteiger partial charge in [0.25, 0.3) is 0 Å². The quantitative estimate of drug-likeness (QED) is 0.438. The van der Waals surface area contributed by atoms with Crippen LogP contribution in [-0.2, 0) is 0 Å². The Labute approximate surface area is 147 Å². The third-order valence-corrected chi connectivity index (χ3v) is 5.12. The molecular formula is C20H13N3OS. The molecule has 0 spiro atoms. The summed E-state index contributed by atoms with van der Waals surface area (Å²) in [4.78, 5) is 9.04. The molecule has 0 saturated heterocycles. The van der Waals surface area contributed by atoms with Gasteiger partial charge in [0.05, 0.1) is 16.4 Å². The Hall–Kier alpha value is -3.18. The number of nitrogens with two attached hydrogens (primary N) is 1. The van der Waals surface area contributed by atoms with Crippen LogP contribution in [0.5, 0.6) is 11.6 Å². The van der Waals surface area contributed by atoms with Gasteiger partial charge in [0.1, 0.15) is 5.75 Å². The summed E-state index contributed by atoms with van der Waals surface area (Å²) in [5.41, 5.74) is 8.40. The van der Waals surface area contributed by atoms with E-state index in [0.29, 0.717) is 11.6 Å². The molecule has 2 N–H and O–H groups in total. The summed E-state index contributed by atoms with van der Waals surface area (Å²) in [5, 5.41) is 5.19. The average Bonchev–Trinajstić information content (AvgIpc) is 3.12. The third kappa shape index (κ3) is 2.37. The fourth-order valence-corrected chi connectivity index (χ4v) is 3.92. The molecule has 0 aliphatic carbocycles. The standard InChI is InChI=1S/C20H13N3OS/c21-13-3-5-15-18(11-13)23-20(16-7-9-25-19(15)16)24-14-4-6-17-12(10-14)2-1-8-22-17/h1-11H,21H2. The van der Waals surface area contributed by atoms with E-state index < -0.39 is 0 Å². The van der Waals surface area contributed by atoms with Gasteiger partial charge in [0.15, 0.2) is 0 Å². The molecule has 0 bridgehead atoms. The molecule has 3 heterocycles. The van der Waals surface area contributed by atoms with Crippen molar-refractivity contribution in [1.82, 2.24) is 9.97 Å². The van der Waals surface area contributed by atoms with Gasteiger partial charge in [-0.25, -0.2) is 4.98 Å². The molecule has 0 unspecified atom stereocenters. The first kappa shape index (κ1) is 14.2. The Balaban J connectivity index is 1.68. The van der Waals surface area contributed by atoms with Gasteiger partial charge in [-0.2, -0.15) is 0 Å². The van der Waals surface area contributed by atoms with E-state index in [1.54, 1.807) is 17.5 Å². The van der Waals surface area contributed by atoms with Gasteiger partial charge in [-0.05, 0) is 53.9 Å². The summed E-state index contributed by atoms with van der Waals surface area (Å²) in [6.45, 7) is 0. The molecule has 4 nitrogen and oxygen atoms in total. The van der Waals surface area contributed by atoms with Crippen LogP contribution >= 0.6 is 11.3 Å². The number of fused-ring (bicyclic) bond motifs is 4. The fraction of sp³-hybridized carbons (Fsp3) is 0. The summed E-state index contributed by atoms with van der Waals surface area (Å²) in [7, 11) is 0. The normalized spacial score (nSPS) is 11.4. The number of rotatable bonds is 2. The maximum Gasteiger partial charge on any atom is 0.228 e. The summed E-state index contributed by atoms with van der Waals surface area (Å²) in [6, 6.07) is 17.6. The second-order valence-corrected chi connectivity index (χ2v) is 6.73. The molecule has 0 radical (unpaired) electrons. The van der Waals surface area contributed by atoms with E-state index >= 15 is 0 Å². The molecule has 0 amide bonds. The van der Waals surface area contributed by atoms with E-state index in [1.807, 2.05) is 54.6 Å². The lowest BCUT2D eigenvalue weighted by Crippen LogP contribution is -1.92. The molecule has 5 aromatic rings. The minimum atomic E-state index is 0.595. The number of ether oxygens (including phenoxy) is 1. The van der Waals surface area contributed by atoms with Crippen LogP contribution in [0.25, 0.3) is 31.9 Å². The van der Waals surface area contributed by atoms with Crippen molar-refractivity contribution in [1.29, 1.82) is 0 Å². The predicted octanol–water partition coefficient (Wildman–Crippen LogP) is 5.37. The second-order valence-electron chi connectivity index (χ2n) is 5.82. The molecular weight excluding hydrogens is 330 g/mol. The molecule has 0 saturated carbocycles. The number of hydrogen-bond acceptors (Lipinski definition) is 5. The van der Waals surface area contributed by atoms with Crippen LogP contribution in [0, 0.1) is 0 Å². The molecule has 5 heteroatoms. The fourth-order valence-electron chi connectivity index (χ4n) is 3.00. The third-order valence-electron chi connectivity index (χ3n) is 4.17. The summed E-state index contributed by atoms with van der Waals surface area (Å²) in [5.74, 6) is 1.33. The number of thiophene rings is 1. The number of aromatic nitrogens is 2. The SMILES string of the molecule is Nc1ccc2c(c1)nc(Oc1ccc3ncccc3c1)c1ccsc12. The highest BCUT2D eigenvalue weighted by Gasteiger charge is 2.12. The molecule has 0 fully saturated rings. The van der Waals surface area contributed by atoms with E-state index in [0.717, 1.165) is 37.6 Å². The highest BCUT2D eigenvalue weighted by molar-refractivity contribution is 7.18. The second kappa shape index (κ2) is 5.43. The summed E-state index contributed by atoms with van der Waals surface area (Å²) >= 11 is 1.68. The lowest BCUT2D eigenvalue weighted by Gasteiger charge is -2.09. The average molecular weight is 343 g/mol. The Morgan fingerprint density at radius 3 is 2.84 bits per heavy atom. The van der Waals surface area contributed by atoms with Crippen LogP contribution in [0.2, 0.25) is 0 Å². The van der Waals surface area contributed by atoms with Crippen molar-refractivity contribution in [3.05, 3.63) is 66.2 Å². The zero-order chi connectivity index (χ0) is 16.8. The predicted molar refractivity (Wildman–Crippen MR) is 103 cm³/mol. The number of benzene rings is 2. The van der Waals surface area contributed by atoms with Crippen molar-refractivity contribution >= 4 is 48.9 Å². The van der Waals surface area contributed by atoms with Gasteiger partial charge < -0.3 is 10.5 Å². The van der Waals surface area contributed by atoms with Crippen molar-refractivity contribution in [3.8, 4) is 11.6 Å². The Bertz CT molecular complexity index is 1250. The number of hydrogen-bond donors (Lipinski definition) is 1. The first-order valence-corrected chi connectivity index (χ1v) is 8.75. The van der Waals surface area contributed by atoms with Gasteiger partial charge in [0.2, 0.25) is 5.88 Å². The molecule has 25 heavy (non-hydrogen) atoms. The highest BCUT2D eigenvalue weighted by Crippen LogP contribution is 2.37. The summed E-state index contributed by atoms with van der Waals surface area (Å²) < 4.78 is 7.29. The van der Waals surface area contributed by atoms with Gasteiger partial charge in [-0.3, -0.25) is 4.98 Å². The van der Waals surface area contributed by atoms with E-state index in [1.165, 1.54) is 0 Å². The van der Waals surface area contributed by atoms with Gasteiger partial charge in [-0.15, -0.1) is 11.3 Å². The van der Waals surface area contributed by atoms with E-state index in [4.69, 9.17) is 15.5 Å². The number of anilines is 1. The molecule has 120 valence electrons. The smallest absolute Gasteiger partial charge is 0.228 e. The lowest BCUT2D eigenvalue weighted by atomic mass is 10.1. The molecule has 2 aromatic carbocycles. The first-order valence-electron chi connectivity index (χ1n) is 7.87. The van der Waals surface area contributed by atoms with Crippen LogP contribution in [0.4, 0.5) is 5.69 Å². The minimum absolute atomic E-state index is 0.595. The van der Waals surface area contributed by atoms with Crippen molar-refractivity contribution in [2.75, 3.05) is 5.73 Å². The lowest BCUT2D eigenvalue weighted by molar-refractivity contribution is 0.472. The zero-order valence-electron chi connectivity index (χ0n) is 13.1. The van der Waals surface area contributed by atoms with Gasteiger partial charge >= 0.3 is 0 Å². The maximum absolute atomic E-state index is 6.13. The van der Waals surface area contributed by atoms with Crippen molar-refractivity contribution in [3.63, 3.8) is 0 Å². The molecule has 3 aromatic heterocycles. The van der Waals surface area contributed by atoms with Crippen LogP contribution in [0.3, 0.4) is 0 Å². The number of nitrogens with zero attached hydrogens (tertiary/aromatic N) is 2. The summed E-state index contributed by atoms with van der Waals surface area (Å²) in [6.07, 6.45) is 1.78. The van der Waals surface area contributed by atoms with Crippen LogP contribution < -0.4 is 10.5 Å². The topological polar surface area (TPSA) is 61.0 Å². The van der Waals surface area contributed by atoms with Crippen molar-refractivity contribution in [2.24, 2.45) is 0 Å². The number of nitrogen functional groups attached to an aromatic ring is 1. The minimum Gasteiger partial charge on any atom is -0.438 e. The monoisotopic (exact) mass is 343 g/mol. The highest BCUT2D eigenvalue weighted by atomic mass is 32.1. The van der Waals surface area contributed by atoms with Crippen LogP contribution in [0.1, 0.15) is 0 Å². The van der Waals surface area contributed by atoms with E-state index in [-0.39, 0.29) is 0 Å². The van der Waals surface area contributed by atoms with Crippen molar-refractivity contribution < 1.29 is 4.74 Å². The molecule has 5 rings (SSSR count). The molecule has 0 aliphatic rings. The Morgan fingerprint density at radius 1 is 0.920 bits per heavy atom. The van der Waals surface area contributed by atoms with Crippen molar-refractivity contribution in [2.45, 2.75) is 0 Å². The Morgan fingerprint density at radius 2 is 1.88 bits per heavy atom. The number of pyridine rings is 2. The van der Waals surface area contributed by atoms with Gasteiger partial charge in [0, 0.05) is 27.4 Å². The first-order chi connectivity index (χ1) is 12.3. The van der Waals surface area contributed by atoms with E-state index in [2.05, 4.69) is 10.4 Å².